The topological polar surface area (TPSA) is 95.8 Å². The molecule has 0 spiro atoms. The van der Waals surface area contributed by atoms with E-state index < -0.39 is 4.92 Å². The number of benzene rings is 1. The normalized spacial score (nSPS) is 12.0. The highest BCUT2D eigenvalue weighted by Crippen LogP contribution is 2.38. The van der Waals surface area contributed by atoms with Gasteiger partial charge in [0.1, 0.15) is 11.6 Å². The van der Waals surface area contributed by atoms with Crippen LogP contribution in [-0.4, -0.2) is 23.7 Å². The van der Waals surface area contributed by atoms with Crippen LogP contribution in [-0.2, 0) is 0 Å². The van der Waals surface area contributed by atoms with E-state index in [0.29, 0.717) is 23.1 Å². The van der Waals surface area contributed by atoms with E-state index in [-0.39, 0.29) is 18.4 Å². The highest BCUT2D eigenvalue weighted by atomic mass is 16.7. The number of hydrogen-bond acceptors (Lipinski definition) is 7. The highest BCUT2D eigenvalue weighted by Gasteiger charge is 2.20. The van der Waals surface area contributed by atoms with Gasteiger partial charge in [0, 0.05) is 19.2 Å². The van der Waals surface area contributed by atoms with Crippen LogP contribution in [0.3, 0.4) is 0 Å². The molecule has 2 heterocycles. The third-order valence-electron chi connectivity index (χ3n) is 2.85. The monoisotopic (exact) mass is 289 g/mol. The van der Waals surface area contributed by atoms with Gasteiger partial charge in [0.05, 0.1) is 4.92 Å². The first-order valence-electron chi connectivity index (χ1n) is 6.08. The lowest BCUT2D eigenvalue weighted by Gasteiger charge is -2.07. The largest absolute Gasteiger partial charge is 0.454 e. The summed E-state index contributed by atoms with van der Waals surface area (Å²) < 4.78 is 15.9. The van der Waals surface area contributed by atoms with Gasteiger partial charge in [0.15, 0.2) is 11.5 Å². The number of fused-ring (bicyclic) bond motifs is 1. The predicted molar refractivity (Wildman–Crippen MR) is 73.1 cm³/mol. The molecule has 0 unspecified atom stereocenters. The Morgan fingerprint density at radius 2 is 2.10 bits per heavy atom. The molecule has 8 heteroatoms. The number of anilines is 1. The van der Waals surface area contributed by atoms with Crippen LogP contribution in [0.4, 0.5) is 11.5 Å². The molecule has 108 valence electrons. The fraction of sp³-hybridized carbons (Fsp3) is 0.154. The van der Waals surface area contributed by atoms with Crippen molar-refractivity contribution in [3.05, 3.63) is 40.4 Å². The molecule has 0 saturated carbocycles. The number of ether oxygens (including phenoxy) is 3. The van der Waals surface area contributed by atoms with Crippen molar-refractivity contribution in [2.45, 2.75) is 0 Å². The number of nitro groups is 1. The van der Waals surface area contributed by atoms with E-state index in [1.165, 1.54) is 12.1 Å². The van der Waals surface area contributed by atoms with Crippen LogP contribution in [0, 0.1) is 10.1 Å². The van der Waals surface area contributed by atoms with Crippen LogP contribution >= 0.6 is 0 Å². The number of nitrogens with zero attached hydrogens (tertiary/aromatic N) is 2. The minimum Gasteiger partial charge on any atom is -0.454 e. The van der Waals surface area contributed by atoms with Crippen LogP contribution in [0.1, 0.15) is 0 Å². The van der Waals surface area contributed by atoms with Gasteiger partial charge in [0.2, 0.25) is 6.79 Å². The Hall–Kier alpha value is -3.03. The summed E-state index contributed by atoms with van der Waals surface area (Å²) in [7, 11) is 1.67. The molecule has 1 aliphatic rings. The summed E-state index contributed by atoms with van der Waals surface area (Å²) in [5.74, 6) is 1.89. The molecule has 1 N–H and O–H groups in total. The van der Waals surface area contributed by atoms with E-state index in [2.05, 4.69) is 10.3 Å². The van der Waals surface area contributed by atoms with Crippen LogP contribution in [0.5, 0.6) is 23.1 Å². The lowest BCUT2D eigenvalue weighted by molar-refractivity contribution is -0.386. The molecule has 21 heavy (non-hydrogen) atoms. The average molecular weight is 289 g/mol. The highest BCUT2D eigenvalue weighted by molar-refractivity contribution is 5.52. The molecule has 0 fully saturated rings. The molecule has 2 aromatic rings. The molecule has 1 aromatic carbocycles. The van der Waals surface area contributed by atoms with Crippen LogP contribution < -0.4 is 19.5 Å². The first kappa shape index (κ1) is 13.0. The Kier molecular flexibility index (Phi) is 3.19. The lowest BCUT2D eigenvalue weighted by Crippen LogP contribution is -1.99. The summed E-state index contributed by atoms with van der Waals surface area (Å²) in [6.07, 6.45) is 0. The van der Waals surface area contributed by atoms with E-state index in [1.807, 2.05) is 0 Å². The van der Waals surface area contributed by atoms with Crippen molar-refractivity contribution in [1.82, 2.24) is 4.98 Å². The van der Waals surface area contributed by atoms with Crippen LogP contribution in [0.25, 0.3) is 0 Å². The van der Waals surface area contributed by atoms with Crippen molar-refractivity contribution < 1.29 is 19.1 Å². The van der Waals surface area contributed by atoms with E-state index in [9.17, 15) is 10.1 Å². The SMILES string of the molecule is CNc1ccc([N+](=O)[O-])c(Oc2ccc3c(c2)OCO3)n1. The molecule has 0 atom stereocenters. The van der Waals surface area contributed by atoms with Gasteiger partial charge in [-0.3, -0.25) is 10.1 Å². The summed E-state index contributed by atoms with van der Waals surface area (Å²) in [5, 5.41) is 13.8. The number of pyridine rings is 1. The zero-order valence-electron chi connectivity index (χ0n) is 11.0. The van der Waals surface area contributed by atoms with Crippen LogP contribution in [0.2, 0.25) is 0 Å². The minimum atomic E-state index is -0.547. The van der Waals surface area contributed by atoms with E-state index >= 15 is 0 Å². The molecule has 0 aliphatic carbocycles. The first-order chi connectivity index (χ1) is 10.2. The van der Waals surface area contributed by atoms with Gasteiger partial charge in [0.25, 0.3) is 0 Å². The smallest absolute Gasteiger partial charge is 0.331 e. The maximum absolute atomic E-state index is 11.0. The molecular weight excluding hydrogens is 278 g/mol. The second-order valence-corrected chi connectivity index (χ2v) is 4.15. The summed E-state index contributed by atoms with van der Waals surface area (Å²) in [4.78, 5) is 14.5. The van der Waals surface area contributed by atoms with Crippen molar-refractivity contribution in [2.24, 2.45) is 0 Å². The quantitative estimate of drug-likeness (QED) is 0.682. The predicted octanol–water partition coefficient (Wildman–Crippen LogP) is 2.55. The molecular formula is C13H11N3O5. The van der Waals surface area contributed by atoms with Gasteiger partial charge < -0.3 is 19.5 Å². The molecule has 3 rings (SSSR count). The van der Waals surface area contributed by atoms with Crippen molar-refractivity contribution in [3.63, 3.8) is 0 Å². The number of nitrogens with one attached hydrogen (secondary N) is 1. The summed E-state index contributed by atoms with van der Waals surface area (Å²) in [6, 6.07) is 7.74. The fourth-order valence-electron chi connectivity index (χ4n) is 1.84. The Morgan fingerprint density at radius 3 is 2.86 bits per heavy atom. The zero-order chi connectivity index (χ0) is 14.8. The lowest BCUT2D eigenvalue weighted by atomic mass is 10.3. The maximum Gasteiger partial charge on any atom is 0.331 e. The maximum atomic E-state index is 11.0. The standard InChI is InChI=1S/C13H11N3O5/c1-14-12-5-3-9(16(17)18)13(15-12)21-8-2-4-10-11(6-8)20-7-19-10/h2-6H,7H2,1H3,(H,14,15). The molecule has 0 bridgehead atoms. The Labute approximate surface area is 119 Å². The number of hydrogen-bond donors (Lipinski definition) is 1. The van der Waals surface area contributed by atoms with Gasteiger partial charge >= 0.3 is 11.6 Å². The number of rotatable bonds is 4. The average Bonchev–Trinajstić information content (AvgIpc) is 2.94. The molecule has 0 amide bonds. The summed E-state index contributed by atoms with van der Waals surface area (Å²) in [5.41, 5.74) is -0.216. The first-order valence-corrected chi connectivity index (χ1v) is 6.08. The van der Waals surface area contributed by atoms with E-state index in [4.69, 9.17) is 14.2 Å². The van der Waals surface area contributed by atoms with E-state index in [0.717, 1.165) is 0 Å². The molecule has 0 radical (unpaired) electrons. The van der Waals surface area contributed by atoms with Crippen molar-refractivity contribution in [2.75, 3.05) is 19.2 Å². The van der Waals surface area contributed by atoms with Crippen molar-refractivity contribution >= 4 is 11.5 Å². The van der Waals surface area contributed by atoms with E-state index in [1.54, 1.807) is 25.2 Å². The second kappa shape index (κ2) is 5.16. The third-order valence-corrected chi connectivity index (χ3v) is 2.85. The summed E-state index contributed by atoms with van der Waals surface area (Å²) >= 11 is 0. The fourth-order valence-corrected chi connectivity index (χ4v) is 1.84. The molecule has 1 aliphatic heterocycles. The van der Waals surface area contributed by atoms with Gasteiger partial charge in [-0.1, -0.05) is 0 Å². The minimum absolute atomic E-state index is 0.0919. The second-order valence-electron chi connectivity index (χ2n) is 4.15. The van der Waals surface area contributed by atoms with Gasteiger partial charge in [-0.2, -0.15) is 4.98 Å². The Bertz CT molecular complexity index is 704. The molecule has 0 saturated heterocycles. The Morgan fingerprint density at radius 1 is 1.29 bits per heavy atom. The molecule has 1 aromatic heterocycles. The van der Waals surface area contributed by atoms with Crippen molar-refractivity contribution in [3.8, 4) is 23.1 Å². The number of aromatic nitrogens is 1. The third kappa shape index (κ3) is 2.50. The van der Waals surface area contributed by atoms with Crippen LogP contribution in [0.15, 0.2) is 30.3 Å². The Balaban J connectivity index is 1.95. The zero-order valence-corrected chi connectivity index (χ0v) is 11.0. The van der Waals surface area contributed by atoms with Gasteiger partial charge in [-0.25, -0.2) is 0 Å². The van der Waals surface area contributed by atoms with Gasteiger partial charge in [-0.15, -0.1) is 0 Å². The van der Waals surface area contributed by atoms with Crippen molar-refractivity contribution in [1.29, 1.82) is 0 Å². The molecule has 8 nitrogen and oxygen atoms in total. The van der Waals surface area contributed by atoms with Gasteiger partial charge in [-0.05, 0) is 18.2 Å². The summed E-state index contributed by atoms with van der Waals surface area (Å²) in [6.45, 7) is 0.145.